The molecule has 4 aromatic rings. The largest absolute Gasteiger partial charge is 0.350 e. The molecule has 0 aliphatic rings. The average Bonchev–Trinajstić information content (AvgIpc) is 3.22. The molecular weight excluding hydrogens is 420 g/mol. The highest BCUT2D eigenvalue weighted by Crippen LogP contribution is 2.25. The molecule has 1 N–H and O–H groups in total. The summed E-state index contributed by atoms with van der Waals surface area (Å²) >= 11 is 2.61. The van der Waals surface area contributed by atoms with Crippen molar-refractivity contribution in [3.05, 3.63) is 87.1 Å². The third-order valence-electron chi connectivity index (χ3n) is 4.49. The molecule has 2 aromatic heterocycles. The van der Waals surface area contributed by atoms with E-state index in [1.165, 1.54) is 27.7 Å². The van der Waals surface area contributed by atoms with E-state index in [9.17, 15) is 14.4 Å². The summed E-state index contributed by atoms with van der Waals surface area (Å²) in [6, 6.07) is 18.2. The van der Waals surface area contributed by atoms with E-state index in [-0.39, 0.29) is 18.1 Å². The summed E-state index contributed by atoms with van der Waals surface area (Å²) in [7, 11) is 0. The Morgan fingerprint density at radius 3 is 2.40 bits per heavy atom. The van der Waals surface area contributed by atoms with Gasteiger partial charge in [0, 0.05) is 6.54 Å². The van der Waals surface area contributed by atoms with Crippen molar-refractivity contribution in [2.45, 2.75) is 17.4 Å². The van der Waals surface area contributed by atoms with Crippen molar-refractivity contribution in [2.75, 3.05) is 6.26 Å². The summed E-state index contributed by atoms with van der Waals surface area (Å²) in [5, 5.41) is 2.82. The van der Waals surface area contributed by atoms with Crippen molar-refractivity contribution in [3.8, 4) is 5.69 Å². The second-order valence-corrected chi connectivity index (χ2v) is 8.50. The van der Waals surface area contributed by atoms with Gasteiger partial charge in [-0.25, -0.2) is 14.3 Å². The van der Waals surface area contributed by atoms with E-state index in [1.807, 2.05) is 36.6 Å². The number of amides is 1. The van der Waals surface area contributed by atoms with Crippen LogP contribution in [0.2, 0.25) is 0 Å². The fraction of sp³-hybridized carbons (Fsp3) is 0.143. The zero-order valence-electron chi connectivity index (χ0n) is 16.1. The number of thiazole rings is 1. The van der Waals surface area contributed by atoms with Crippen LogP contribution in [0.3, 0.4) is 0 Å². The third-order valence-corrected chi connectivity index (χ3v) is 6.51. The molecule has 30 heavy (non-hydrogen) atoms. The van der Waals surface area contributed by atoms with Crippen molar-refractivity contribution in [3.63, 3.8) is 0 Å². The van der Waals surface area contributed by atoms with Gasteiger partial charge in [-0.3, -0.25) is 14.2 Å². The number of carbonyl (C=O) groups excluding carboxylic acids is 1. The quantitative estimate of drug-likeness (QED) is 0.468. The van der Waals surface area contributed by atoms with Crippen LogP contribution in [-0.4, -0.2) is 26.3 Å². The van der Waals surface area contributed by atoms with Gasteiger partial charge >= 0.3 is 5.69 Å². The van der Waals surface area contributed by atoms with E-state index < -0.39 is 11.2 Å². The molecule has 0 bridgehead atoms. The number of nitrogens with zero attached hydrogens (tertiary/aromatic N) is 3. The summed E-state index contributed by atoms with van der Waals surface area (Å²) in [6.45, 7) is 0.121. The minimum atomic E-state index is -0.591. The smallest absolute Gasteiger partial charge is 0.337 e. The van der Waals surface area contributed by atoms with Crippen LogP contribution in [0, 0.1) is 0 Å². The van der Waals surface area contributed by atoms with Gasteiger partial charge in [0.05, 0.1) is 5.69 Å². The maximum absolute atomic E-state index is 13.2. The van der Waals surface area contributed by atoms with E-state index in [1.54, 1.807) is 30.3 Å². The van der Waals surface area contributed by atoms with Crippen molar-refractivity contribution in [1.29, 1.82) is 0 Å². The van der Waals surface area contributed by atoms with Gasteiger partial charge in [-0.1, -0.05) is 60.3 Å². The van der Waals surface area contributed by atoms with Crippen LogP contribution < -0.4 is 16.6 Å². The Hall–Kier alpha value is -3.17. The number of hydrogen-bond donors (Lipinski definition) is 1. The van der Waals surface area contributed by atoms with Gasteiger partial charge in [0.1, 0.15) is 11.2 Å². The van der Waals surface area contributed by atoms with Gasteiger partial charge < -0.3 is 5.32 Å². The van der Waals surface area contributed by atoms with Crippen LogP contribution in [0.1, 0.15) is 5.56 Å². The Kier molecular flexibility index (Phi) is 5.82. The number of rotatable bonds is 6. The predicted molar refractivity (Wildman–Crippen MR) is 120 cm³/mol. The molecule has 0 unspecified atom stereocenters. The fourth-order valence-electron chi connectivity index (χ4n) is 3.05. The van der Waals surface area contributed by atoms with Crippen molar-refractivity contribution < 1.29 is 4.79 Å². The second-order valence-electron chi connectivity index (χ2n) is 6.44. The first-order valence-electron chi connectivity index (χ1n) is 9.15. The first-order chi connectivity index (χ1) is 14.6. The lowest BCUT2D eigenvalue weighted by Crippen LogP contribution is -2.41. The number of nitrogens with one attached hydrogen (secondary N) is 1. The zero-order valence-corrected chi connectivity index (χ0v) is 17.7. The molecule has 0 aliphatic carbocycles. The van der Waals surface area contributed by atoms with E-state index in [0.29, 0.717) is 21.3 Å². The SMILES string of the molecule is CSc1nc2c(s1)c(=O)n(-c1ccccc1)c(=O)n2CC(=O)NCc1ccccc1. The Balaban J connectivity index is 1.76. The van der Waals surface area contributed by atoms with Crippen molar-refractivity contribution in [2.24, 2.45) is 0 Å². The predicted octanol–water partition coefficient (Wildman–Crippen LogP) is 2.65. The average molecular weight is 439 g/mol. The summed E-state index contributed by atoms with van der Waals surface area (Å²) in [5.41, 5.74) is 0.621. The normalized spacial score (nSPS) is 11.0. The molecule has 2 heterocycles. The highest BCUT2D eigenvalue weighted by molar-refractivity contribution is 8.00. The topological polar surface area (TPSA) is 86.0 Å². The Labute approximate surface area is 180 Å². The first kappa shape index (κ1) is 20.1. The van der Waals surface area contributed by atoms with Crippen LogP contribution in [0.25, 0.3) is 16.0 Å². The molecule has 2 aromatic carbocycles. The highest BCUT2D eigenvalue weighted by atomic mass is 32.2. The van der Waals surface area contributed by atoms with Gasteiger partial charge in [0.25, 0.3) is 5.56 Å². The van der Waals surface area contributed by atoms with Crippen molar-refractivity contribution >= 4 is 39.4 Å². The number of benzene rings is 2. The molecule has 152 valence electrons. The van der Waals surface area contributed by atoms with Gasteiger partial charge in [0.15, 0.2) is 9.99 Å². The molecule has 1 amide bonds. The molecular formula is C21H18N4O3S2. The van der Waals surface area contributed by atoms with Gasteiger partial charge in [-0.05, 0) is 24.0 Å². The minimum absolute atomic E-state index is 0.229. The molecule has 9 heteroatoms. The number of hydrogen-bond acceptors (Lipinski definition) is 6. The maximum Gasteiger partial charge on any atom is 0.337 e. The lowest BCUT2D eigenvalue weighted by Gasteiger charge is -2.11. The molecule has 0 radical (unpaired) electrons. The van der Waals surface area contributed by atoms with Gasteiger partial charge in [-0.15, -0.1) is 11.3 Å². The number of para-hydroxylation sites is 1. The molecule has 0 saturated carbocycles. The molecule has 4 rings (SSSR count). The molecule has 0 spiro atoms. The van der Waals surface area contributed by atoms with E-state index >= 15 is 0 Å². The van der Waals surface area contributed by atoms with Gasteiger partial charge in [0.2, 0.25) is 5.91 Å². The molecule has 0 atom stereocenters. The minimum Gasteiger partial charge on any atom is -0.350 e. The van der Waals surface area contributed by atoms with E-state index in [4.69, 9.17) is 0 Å². The number of thioether (sulfide) groups is 1. The standard InChI is InChI=1S/C21H18N4O3S2/c1-29-20-23-18-17(30-20)19(27)25(15-10-6-3-7-11-15)21(28)24(18)13-16(26)22-12-14-8-4-2-5-9-14/h2-11H,12-13H2,1H3,(H,22,26). The Morgan fingerprint density at radius 2 is 1.73 bits per heavy atom. The van der Waals surface area contributed by atoms with Crippen LogP contribution in [-0.2, 0) is 17.9 Å². The van der Waals surface area contributed by atoms with Crippen LogP contribution in [0.4, 0.5) is 0 Å². The highest BCUT2D eigenvalue weighted by Gasteiger charge is 2.20. The molecule has 0 aliphatic heterocycles. The van der Waals surface area contributed by atoms with E-state index in [2.05, 4.69) is 10.3 Å². The lowest BCUT2D eigenvalue weighted by molar-refractivity contribution is -0.121. The summed E-state index contributed by atoms with van der Waals surface area (Å²) < 4.78 is 3.36. The van der Waals surface area contributed by atoms with Crippen LogP contribution in [0.5, 0.6) is 0 Å². The number of carbonyl (C=O) groups is 1. The number of fused-ring (bicyclic) bond motifs is 1. The monoisotopic (exact) mass is 438 g/mol. The third kappa shape index (κ3) is 3.94. The lowest BCUT2D eigenvalue weighted by atomic mass is 10.2. The molecule has 0 saturated heterocycles. The Bertz CT molecular complexity index is 1310. The maximum atomic E-state index is 13.2. The zero-order chi connectivity index (χ0) is 21.1. The van der Waals surface area contributed by atoms with Gasteiger partial charge in [-0.2, -0.15) is 0 Å². The van der Waals surface area contributed by atoms with Crippen molar-refractivity contribution in [1.82, 2.24) is 19.4 Å². The Morgan fingerprint density at radius 1 is 1.07 bits per heavy atom. The van der Waals surface area contributed by atoms with E-state index in [0.717, 1.165) is 10.1 Å². The summed E-state index contributed by atoms with van der Waals surface area (Å²) in [4.78, 5) is 43.3. The molecule has 0 fully saturated rings. The van der Waals surface area contributed by atoms with Crippen LogP contribution >= 0.6 is 23.1 Å². The number of aromatic nitrogens is 3. The first-order valence-corrected chi connectivity index (χ1v) is 11.2. The second kappa shape index (κ2) is 8.68. The fourth-order valence-corrected chi connectivity index (χ4v) is 4.54. The summed E-state index contributed by atoms with van der Waals surface area (Å²) in [6.07, 6.45) is 1.85. The molecule has 7 nitrogen and oxygen atoms in total. The summed E-state index contributed by atoms with van der Waals surface area (Å²) in [5.74, 6) is -0.334. The van der Waals surface area contributed by atoms with Crippen LogP contribution in [0.15, 0.2) is 74.6 Å².